The van der Waals surface area contributed by atoms with Crippen LogP contribution in [-0.4, -0.2) is 29.5 Å². The summed E-state index contributed by atoms with van der Waals surface area (Å²) in [6.45, 7) is 0.994. The second-order valence-corrected chi connectivity index (χ2v) is 4.70. The summed E-state index contributed by atoms with van der Waals surface area (Å²) in [5, 5.41) is 3.21. The maximum absolute atomic E-state index is 12.0. The number of benzene rings is 1. The van der Waals surface area contributed by atoms with E-state index in [-0.39, 0.29) is 11.0 Å². The van der Waals surface area contributed by atoms with Gasteiger partial charge >= 0.3 is 6.36 Å². The number of alkyl halides is 3. The minimum Gasteiger partial charge on any atom is -0.494 e. The van der Waals surface area contributed by atoms with Gasteiger partial charge in [-0.2, -0.15) is 0 Å². The van der Waals surface area contributed by atoms with Crippen molar-refractivity contribution in [2.75, 3.05) is 18.5 Å². The van der Waals surface area contributed by atoms with E-state index in [1.54, 1.807) is 12.3 Å². The molecule has 0 aliphatic rings. The molecule has 1 aromatic carbocycles. The molecule has 0 amide bonds. The van der Waals surface area contributed by atoms with Gasteiger partial charge in [-0.15, -0.1) is 13.2 Å². The molecule has 23 heavy (non-hydrogen) atoms. The maximum Gasteiger partial charge on any atom is 0.573 e. The number of nitrogens with zero attached hydrogens (tertiary/aromatic N) is 2. The lowest BCUT2D eigenvalue weighted by Gasteiger charge is -2.10. The normalized spacial score (nSPS) is 11.1. The van der Waals surface area contributed by atoms with Gasteiger partial charge < -0.3 is 14.8 Å². The summed E-state index contributed by atoms with van der Waals surface area (Å²) < 4.78 is 45.2. The van der Waals surface area contributed by atoms with E-state index in [0.717, 1.165) is 0 Å². The Balaban J connectivity index is 1.68. The van der Waals surface area contributed by atoms with Crippen molar-refractivity contribution in [2.24, 2.45) is 0 Å². The Labute approximate surface area is 135 Å². The van der Waals surface area contributed by atoms with Gasteiger partial charge in [-0.25, -0.2) is 9.97 Å². The van der Waals surface area contributed by atoms with Crippen LogP contribution in [0.1, 0.15) is 6.42 Å². The molecule has 0 aliphatic heterocycles. The Kier molecular flexibility index (Phi) is 5.86. The summed E-state index contributed by atoms with van der Waals surface area (Å²) in [5.41, 5.74) is 0. The summed E-state index contributed by atoms with van der Waals surface area (Å²) >= 11 is 5.65. The maximum atomic E-state index is 12.0. The fraction of sp³-hybridized carbons (Fsp3) is 0.286. The van der Waals surface area contributed by atoms with Crippen molar-refractivity contribution in [3.63, 3.8) is 0 Å². The van der Waals surface area contributed by atoms with Gasteiger partial charge in [0.25, 0.3) is 0 Å². The Morgan fingerprint density at radius 2 is 1.78 bits per heavy atom. The van der Waals surface area contributed by atoms with Crippen LogP contribution in [0.5, 0.6) is 11.5 Å². The van der Waals surface area contributed by atoms with E-state index in [1.165, 1.54) is 24.3 Å². The van der Waals surface area contributed by atoms with Crippen LogP contribution >= 0.6 is 11.6 Å². The van der Waals surface area contributed by atoms with E-state index >= 15 is 0 Å². The molecule has 0 aliphatic carbocycles. The minimum atomic E-state index is -4.70. The lowest BCUT2D eigenvalue weighted by atomic mass is 10.3. The van der Waals surface area contributed by atoms with Crippen LogP contribution in [0.15, 0.2) is 36.5 Å². The predicted molar refractivity (Wildman–Crippen MR) is 78.8 cm³/mol. The van der Waals surface area contributed by atoms with Gasteiger partial charge in [0.15, 0.2) is 0 Å². The monoisotopic (exact) mass is 347 g/mol. The Bertz CT molecular complexity index is 623. The van der Waals surface area contributed by atoms with Crippen molar-refractivity contribution in [1.82, 2.24) is 9.97 Å². The lowest BCUT2D eigenvalue weighted by molar-refractivity contribution is -0.274. The third kappa shape index (κ3) is 6.60. The van der Waals surface area contributed by atoms with Gasteiger partial charge in [0.05, 0.1) is 6.61 Å². The zero-order chi connectivity index (χ0) is 16.7. The molecule has 0 saturated heterocycles. The number of anilines is 1. The third-order valence-electron chi connectivity index (χ3n) is 2.58. The van der Waals surface area contributed by atoms with Gasteiger partial charge in [-0.05, 0) is 48.4 Å². The van der Waals surface area contributed by atoms with Crippen LogP contribution in [-0.2, 0) is 0 Å². The summed E-state index contributed by atoms with van der Waals surface area (Å²) in [5.74, 6) is 0.787. The zero-order valence-electron chi connectivity index (χ0n) is 11.8. The molecule has 5 nitrogen and oxygen atoms in total. The van der Waals surface area contributed by atoms with Crippen LogP contribution in [0.3, 0.4) is 0 Å². The fourth-order valence-electron chi connectivity index (χ4n) is 1.65. The minimum absolute atomic E-state index is 0.160. The fourth-order valence-corrected chi connectivity index (χ4v) is 1.80. The summed E-state index contributed by atoms with van der Waals surface area (Å²) in [4.78, 5) is 7.73. The van der Waals surface area contributed by atoms with E-state index < -0.39 is 6.36 Å². The first-order valence-electron chi connectivity index (χ1n) is 6.63. The van der Waals surface area contributed by atoms with Crippen LogP contribution < -0.4 is 14.8 Å². The molecule has 0 atom stereocenters. The number of rotatable bonds is 7. The molecule has 0 spiro atoms. The van der Waals surface area contributed by atoms with Gasteiger partial charge in [0.1, 0.15) is 17.3 Å². The predicted octanol–water partition coefficient (Wildman–Crippen LogP) is 3.91. The number of ether oxygens (including phenoxy) is 2. The zero-order valence-corrected chi connectivity index (χ0v) is 12.6. The molecule has 0 unspecified atom stereocenters. The Morgan fingerprint density at radius 3 is 2.43 bits per heavy atom. The van der Waals surface area contributed by atoms with Crippen molar-refractivity contribution >= 4 is 17.4 Å². The van der Waals surface area contributed by atoms with Crippen LogP contribution in [0.25, 0.3) is 0 Å². The van der Waals surface area contributed by atoms with Crippen LogP contribution in [0.4, 0.5) is 19.0 Å². The number of aromatic nitrogens is 2. The van der Waals surface area contributed by atoms with Gasteiger partial charge in [-0.1, -0.05) is 0 Å². The second-order valence-electron chi connectivity index (χ2n) is 4.36. The molecule has 0 saturated carbocycles. The van der Waals surface area contributed by atoms with E-state index in [0.29, 0.717) is 31.1 Å². The molecular formula is C14H13ClF3N3O2. The molecule has 1 aromatic heterocycles. The van der Waals surface area contributed by atoms with Crippen molar-refractivity contribution in [1.29, 1.82) is 0 Å². The van der Waals surface area contributed by atoms with E-state index in [2.05, 4.69) is 20.0 Å². The molecule has 0 bridgehead atoms. The highest BCUT2D eigenvalue weighted by Crippen LogP contribution is 2.24. The molecule has 9 heteroatoms. The highest BCUT2D eigenvalue weighted by molar-refractivity contribution is 6.28. The topological polar surface area (TPSA) is 56.3 Å². The van der Waals surface area contributed by atoms with E-state index in [1.807, 2.05) is 0 Å². The van der Waals surface area contributed by atoms with Crippen LogP contribution in [0, 0.1) is 0 Å². The van der Waals surface area contributed by atoms with Gasteiger partial charge in [-0.3, -0.25) is 0 Å². The molecular weight excluding hydrogens is 335 g/mol. The second kappa shape index (κ2) is 7.87. The highest BCUT2D eigenvalue weighted by atomic mass is 35.5. The molecule has 1 heterocycles. The highest BCUT2D eigenvalue weighted by Gasteiger charge is 2.30. The standard InChI is InChI=1S/C14H13ClF3N3O2/c15-13-20-8-6-12(21-13)19-7-1-9-22-10-2-4-11(5-3-10)23-14(16,17)18/h2-6,8H,1,7,9H2,(H,19,20,21). The van der Waals surface area contributed by atoms with Crippen molar-refractivity contribution < 1.29 is 22.6 Å². The number of hydrogen-bond acceptors (Lipinski definition) is 5. The number of halogens is 4. The van der Waals surface area contributed by atoms with Crippen LogP contribution in [0.2, 0.25) is 5.28 Å². The quantitative estimate of drug-likeness (QED) is 0.608. The lowest BCUT2D eigenvalue weighted by Crippen LogP contribution is -2.17. The summed E-state index contributed by atoms with van der Waals surface area (Å²) in [7, 11) is 0. The number of nitrogens with one attached hydrogen (secondary N) is 1. The smallest absolute Gasteiger partial charge is 0.494 e. The SMILES string of the molecule is FC(F)(F)Oc1ccc(OCCCNc2ccnc(Cl)n2)cc1. The first-order valence-corrected chi connectivity index (χ1v) is 7.01. The first kappa shape index (κ1) is 17.1. The summed E-state index contributed by atoms with van der Waals surface area (Å²) in [6, 6.07) is 6.91. The Morgan fingerprint density at radius 1 is 1.09 bits per heavy atom. The van der Waals surface area contributed by atoms with Gasteiger partial charge in [0.2, 0.25) is 5.28 Å². The molecule has 0 fully saturated rings. The number of hydrogen-bond donors (Lipinski definition) is 1. The average molecular weight is 348 g/mol. The largest absolute Gasteiger partial charge is 0.573 e. The molecule has 0 radical (unpaired) electrons. The summed E-state index contributed by atoms with van der Waals surface area (Å²) in [6.07, 6.45) is -2.49. The van der Waals surface area contributed by atoms with E-state index in [9.17, 15) is 13.2 Å². The average Bonchev–Trinajstić information content (AvgIpc) is 2.47. The molecule has 2 rings (SSSR count). The molecule has 124 valence electrons. The Hall–Kier alpha value is -2.22. The molecule has 2 aromatic rings. The van der Waals surface area contributed by atoms with Crippen molar-refractivity contribution in [2.45, 2.75) is 12.8 Å². The first-order chi connectivity index (χ1) is 10.9. The van der Waals surface area contributed by atoms with Crippen molar-refractivity contribution in [3.05, 3.63) is 41.8 Å². The van der Waals surface area contributed by atoms with E-state index in [4.69, 9.17) is 16.3 Å². The third-order valence-corrected chi connectivity index (χ3v) is 2.76. The van der Waals surface area contributed by atoms with Gasteiger partial charge in [0, 0.05) is 12.7 Å². The van der Waals surface area contributed by atoms with Crippen molar-refractivity contribution in [3.8, 4) is 11.5 Å². The molecule has 1 N–H and O–H groups in total.